The Morgan fingerprint density at radius 3 is 1.91 bits per heavy atom. The number of nitrogens with two attached hydrogens (primary N) is 2. The summed E-state index contributed by atoms with van der Waals surface area (Å²) < 4.78 is 23.6. The number of hydrogen-bond donors (Lipinski definition) is 14. The second kappa shape index (κ2) is 30.3. The van der Waals surface area contributed by atoms with Crippen LogP contribution in [0.15, 0.2) is 85.1 Å². The van der Waals surface area contributed by atoms with Gasteiger partial charge in [0.1, 0.15) is 12.2 Å². The topological polar surface area (TPSA) is 349 Å². The molecular weight excluding hydrogens is 901 g/mol. The van der Waals surface area contributed by atoms with E-state index in [4.69, 9.17) is 30.4 Å². The molecule has 16 N–H and O–H groups in total. The number of allylic oxidation sites excluding steroid dienone is 12. The minimum absolute atomic E-state index is 0.0965. The predicted molar refractivity (Wildman–Crippen MR) is 255 cm³/mol. The number of carbonyl (C=O) groups is 2. The lowest BCUT2D eigenvalue weighted by Crippen LogP contribution is -2.64. The maximum absolute atomic E-state index is 12.9. The average molecular weight is 981 g/mol. The first-order valence-electron chi connectivity index (χ1n) is 23.9. The standard InChI is InChI=1S/C49H80N4O16/c1-29-17-15-13-11-9-7-5-6-8-10-12-14-16-18-36(68-47-46(63)42(51)45(62)32(4)67-47)26-40-43(53-48(64)52-22-21-50)39(59)28-49(65,69-40)27-35(56)24-38(58)37(57)20-19-33(54)23-34(55)25-41(60)66-31(3)30(2)44(29)61/h5-18,29-40,42-47,54-59,61-63,65H,19-28,50-51H2,1-4H3,(H2,52,53,64)/b6-5+,9-7+,10-8+,13-11+,14-12+,17-15+,18-16+/t29-,30-,31-,32?,33+,34+,35-,36-,37+,38+,39-,40-,42?,43+,44+,45?,46?,47?,49+/m0/s1. The zero-order chi connectivity index (χ0) is 51.3. The summed E-state index contributed by atoms with van der Waals surface area (Å²) in [6.45, 7) is 7.01. The number of aliphatic hydroxyl groups excluding tert-OH is 9. The number of carbonyl (C=O) groups excluding carboxylic acids is 2. The Kier molecular flexibility index (Phi) is 26.1. The van der Waals surface area contributed by atoms with Crippen LogP contribution in [0.25, 0.3) is 0 Å². The van der Waals surface area contributed by atoms with Crippen LogP contribution in [-0.2, 0) is 23.7 Å². The van der Waals surface area contributed by atoms with Crippen LogP contribution in [0.2, 0.25) is 0 Å². The minimum Gasteiger partial charge on any atom is -0.462 e. The van der Waals surface area contributed by atoms with E-state index in [-0.39, 0.29) is 44.7 Å². The van der Waals surface area contributed by atoms with Crippen molar-refractivity contribution in [2.24, 2.45) is 23.3 Å². The summed E-state index contributed by atoms with van der Waals surface area (Å²) in [7, 11) is 0. The zero-order valence-corrected chi connectivity index (χ0v) is 40.1. The average Bonchev–Trinajstić information content (AvgIpc) is 3.28. The molecule has 2 bridgehead atoms. The van der Waals surface area contributed by atoms with E-state index in [1.165, 1.54) is 0 Å². The Labute approximate surface area is 405 Å². The largest absolute Gasteiger partial charge is 0.462 e. The first-order chi connectivity index (χ1) is 32.6. The van der Waals surface area contributed by atoms with Crippen LogP contribution in [0.1, 0.15) is 79.1 Å². The minimum atomic E-state index is -2.26. The van der Waals surface area contributed by atoms with Crippen molar-refractivity contribution in [3.63, 3.8) is 0 Å². The number of aliphatic hydroxyl groups is 10. The van der Waals surface area contributed by atoms with Crippen LogP contribution >= 0.6 is 0 Å². The van der Waals surface area contributed by atoms with Crippen molar-refractivity contribution in [3.05, 3.63) is 85.1 Å². The summed E-state index contributed by atoms with van der Waals surface area (Å²) in [5, 5.41) is 115. The third kappa shape index (κ3) is 20.9. The third-order valence-corrected chi connectivity index (χ3v) is 12.5. The van der Waals surface area contributed by atoms with Crippen molar-refractivity contribution in [2.45, 2.75) is 183 Å². The number of fused-ring (bicyclic) bond motifs is 2. The Bertz CT molecular complexity index is 1750. The molecule has 0 radical (unpaired) electrons. The molecule has 0 saturated carbocycles. The molecule has 0 aliphatic carbocycles. The molecule has 3 heterocycles. The molecule has 0 aromatic rings. The van der Waals surface area contributed by atoms with E-state index in [2.05, 4.69) is 10.6 Å². The fourth-order valence-corrected chi connectivity index (χ4v) is 8.22. The molecule has 20 nitrogen and oxygen atoms in total. The molecule has 2 saturated heterocycles. The lowest BCUT2D eigenvalue weighted by atomic mass is 9.87. The molecule has 19 atom stereocenters. The highest BCUT2D eigenvalue weighted by Gasteiger charge is 2.49. The molecule has 392 valence electrons. The number of hydrogen-bond acceptors (Lipinski definition) is 18. The van der Waals surface area contributed by atoms with Gasteiger partial charge in [-0.15, -0.1) is 0 Å². The predicted octanol–water partition coefficient (Wildman–Crippen LogP) is -0.363. The molecule has 3 rings (SSSR count). The van der Waals surface area contributed by atoms with Crippen molar-refractivity contribution < 1.29 is 79.6 Å². The highest BCUT2D eigenvalue weighted by Crippen LogP contribution is 2.35. The monoisotopic (exact) mass is 981 g/mol. The molecule has 3 aliphatic heterocycles. The van der Waals surface area contributed by atoms with Gasteiger partial charge in [0, 0.05) is 50.6 Å². The Balaban J connectivity index is 1.91. The van der Waals surface area contributed by atoms with Gasteiger partial charge >= 0.3 is 12.0 Å². The van der Waals surface area contributed by atoms with Crippen molar-refractivity contribution in [1.29, 1.82) is 0 Å². The number of urea groups is 1. The summed E-state index contributed by atoms with van der Waals surface area (Å²) >= 11 is 0. The van der Waals surface area contributed by atoms with Crippen LogP contribution in [0, 0.1) is 11.8 Å². The molecule has 5 unspecified atom stereocenters. The molecule has 0 spiro atoms. The lowest BCUT2D eigenvalue weighted by Gasteiger charge is -2.46. The smallest absolute Gasteiger partial charge is 0.315 e. The van der Waals surface area contributed by atoms with Gasteiger partial charge in [-0.1, -0.05) is 98.9 Å². The molecule has 20 heteroatoms. The summed E-state index contributed by atoms with van der Waals surface area (Å²) in [5.74, 6) is -3.71. The van der Waals surface area contributed by atoms with E-state index >= 15 is 0 Å². The van der Waals surface area contributed by atoms with Crippen LogP contribution < -0.4 is 22.1 Å². The van der Waals surface area contributed by atoms with Gasteiger partial charge in [-0.05, 0) is 33.1 Å². The van der Waals surface area contributed by atoms with E-state index in [0.717, 1.165) is 0 Å². The maximum atomic E-state index is 12.9. The number of rotatable bonds is 5. The number of nitrogens with one attached hydrogen (secondary N) is 2. The van der Waals surface area contributed by atoms with Crippen LogP contribution in [0.4, 0.5) is 4.79 Å². The van der Waals surface area contributed by atoms with Gasteiger partial charge < -0.3 is 92.1 Å². The summed E-state index contributed by atoms with van der Waals surface area (Å²) in [5.41, 5.74) is 11.6. The Hall–Kier alpha value is -3.68. The highest BCUT2D eigenvalue weighted by molar-refractivity contribution is 5.74. The fourth-order valence-electron chi connectivity index (χ4n) is 8.22. The van der Waals surface area contributed by atoms with Gasteiger partial charge in [-0.2, -0.15) is 0 Å². The van der Waals surface area contributed by atoms with E-state index in [1.807, 2.05) is 37.3 Å². The second-order valence-corrected chi connectivity index (χ2v) is 18.4. The van der Waals surface area contributed by atoms with Crippen LogP contribution in [0.3, 0.4) is 0 Å². The molecule has 0 aromatic heterocycles. The van der Waals surface area contributed by atoms with Gasteiger partial charge in [0.05, 0.1) is 85.6 Å². The fraction of sp³-hybridized carbons (Fsp3) is 0.673. The van der Waals surface area contributed by atoms with Gasteiger partial charge in [-0.3, -0.25) is 4.79 Å². The Morgan fingerprint density at radius 1 is 0.710 bits per heavy atom. The SMILES string of the molecule is CC1OC(O[C@H]2/C=C/C=C/C=C/C=C/C=C/C=C/C=C/[C@H](C)[C@@H](O)[C@@H](C)[C@H](C)OC(=O)C[C@H](O)C[C@H](O)CC[C@@H](O)[C@H](O)C[C@H](O)C[C@]3(O)C[C@H](O)[C@@H](NC(=O)NCCN)[C@H](C2)O3)C(O)C(N)C1O. The van der Waals surface area contributed by atoms with Crippen molar-refractivity contribution >= 4 is 12.0 Å². The van der Waals surface area contributed by atoms with E-state index in [0.29, 0.717) is 0 Å². The summed E-state index contributed by atoms with van der Waals surface area (Å²) in [4.78, 5) is 25.6. The second-order valence-electron chi connectivity index (χ2n) is 18.4. The molecule has 3 aliphatic rings. The quantitative estimate of drug-likeness (QED) is 0.156. The van der Waals surface area contributed by atoms with Crippen molar-refractivity contribution in [1.82, 2.24) is 10.6 Å². The first-order valence-corrected chi connectivity index (χ1v) is 23.9. The Morgan fingerprint density at radius 2 is 1.30 bits per heavy atom. The number of amides is 2. The lowest BCUT2D eigenvalue weighted by molar-refractivity contribution is -0.303. The van der Waals surface area contributed by atoms with E-state index in [9.17, 15) is 60.7 Å². The molecule has 2 fully saturated rings. The van der Waals surface area contributed by atoms with Crippen molar-refractivity contribution in [3.8, 4) is 0 Å². The summed E-state index contributed by atoms with van der Waals surface area (Å²) in [6.07, 6.45) is 4.85. The number of cyclic esters (lactones) is 1. The summed E-state index contributed by atoms with van der Waals surface area (Å²) in [6, 6.07) is -3.01. The first kappa shape index (κ1) is 59.6. The maximum Gasteiger partial charge on any atom is 0.315 e. The van der Waals surface area contributed by atoms with Gasteiger partial charge in [-0.25, -0.2) is 4.79 Å². The number of ether oxygens (including phenoxy) is 4. The number of esters is 1. The van der Waals surface area contributed by atoms with Crippen molar-refractivity contribution in [2.75, 3.05) is 13.1 Å². The van der Waals surface area contributed by atoms with E-state index < -0.39 is 147 Å². The zero-order valence-electron chi connectivity index (χ0n) is 40.1. The molecule has 69 heavy (non-hydrogen) atoms. The highest BCUT2D eigenvalue weighted by atomic mass is 16.7. The van der Waals surface area contributed by atoms with Crippen LogP contribution in [-0.4, -0.2) is 180 Å². The normalized spacial score (nSPS) is 43.4. The van der Waals surface area contributed by atoms with Gasteiger partial charge in [0.25, 0.3) is 0 Å². The van der Waals surface area contributed by atoms with E-state index in [1.54, 1.807) is 75.5 Å². The van der Waals surface area contributed by atoms with Crippen LogP contribution in [0.5, 0.6) is 0 Å². The molecular formula is C49H80N4O16. The van der Waals surface area contributed by atoms with Gasteiger partial charge in [0.2, 0.25) is 0 Å². The third-order valence-electron chi connectivity index (χ3n) is 12.5. The molecule has 0 aromatic carbocycles. The van der Waals surface area contributed by atoms with Gasteiger partial charge in [0.15, 0.2) is 12.1 Å². The molecule has 2 amide bonds.